The SMILES string of the molecule is CC(NS(=O)(=O)c1c(Cl)cnn1C)c1ncn[nH]1. The number of rotatable bonds is 4. The molecule has 0 aromatic carbocycles. The molecule has 0 saturated carbocycles. The van der Waals surface area contributed by atoms with Gasteiger partial charge in [0.15, 0.2) is 5.03 Å². The van der Waals surface area contributed by atoms with Crippen molar-refractivity contribution in [3.63, 3.8) is 0 Å². The topological polar surface area (TPSA) is 106 Å². The molecular weight excluding hydrogens is 280 g/mol. The van der Waals surface area contributed by atoms with Gasteiger partial charge in [-0.25, -0.2) is 13.4 Å². The van der Waals surface area contributed by atoms with E-state index in [2.05, 4.69) is 25.0 Å². The van der Waals surface area contributed by atoms with Crippen molar-refractivity contribution in [1.82, 2.24) is 29.7 Å². The second kappa shape index (κ2) is 4.67. The number of halogens is 1. The van der Waals surface area contributed by atoms with Gasteiger partial charge < -0.3 is 0 Å². The van der Waals surface area contributed by atoms with E-state index in [-0.39, 0.29) is 10.0 Å². The summed E-state index contributed by atoms with van der Waals surface area (Å²) in [5.41, 5.74) is 0. The number of hydrogen-bond donors (Lipinski definition) is 2. The average molecular weight is 291 g/mol. The third-order valence-electron chi connectivity index (χ3n) is 2.27. The van der Waals surface area contributed by atoms with Gasteiger partial charge >= 0.3 is 0 Å². The summed E-state index contributed by atoms with van der Waals surface area (Å²) in [5.74, 6) is 0.414. The highest BCUT2D eigenvalue weighted by Gasteiger charge is 2.25. The lowest BCUT2D eigenvalue weighted by Gasteiger charge is -2.11. The van der Waals surface area contributed by atoms with Crippen molar-refractivity contribution in [2.75, 3.05) is 0 Å². The maximum atomic E-state index is 12.1. The van der Waals surface area contributed by atoms with Crippen LogP contribution in [0.1, 0.15) is 18.8 Å². The normalized spacial score (nSPS) is 13.7. The summed E-state index contributed by atoms with van der Waals surface area (Å²) in [6.45, 7) is 1.64. The Morgan fingerprint density at radius 3 is 2.78 bits per heavy atom. The highest BCUT2D eigenvalue weighted by atomic mass is 35.5. The number of aromatic amines is 1. The first-order valence-corrected chi connectivity index (χ1v) is 6.83. The van der Waals surface area contributed by atoms with E-state index in [1.54, 1.807) is 6.92 Å². The van der Waals surface area contributed by atoms with Crippen LogP contribution < -0.4 is 4.72 Å². The van der Waals surface area contributed by atoms with Gasteiger partial charge in [0.2, 0.25) is 0 Å². The fourth-order valence-corrected chi connectivity index (χ4v) is 3.33. The fraction of sp³-hybridized carbons (Fsp3) is 0.375. The van der Waals surface area contributed by atoms with Gasteiger partial charge in [-0.3, -0.25) is 9.78 Å². The van der Waals surface area contributed by atoms with Crippen molar-refractivity contribution in [2.45, 2.75) is 18.0 Å². The summed E-state index contributed by atoms with van der Waals surface area (Å²) in [7, 11) is -2.27. The first-order chi connectivity index (χ1) is 8.42. The molecule has 2 aromatic rings. The van der Waals surface area contributed by atoms with Crippen LogP contribution in [0.2, 0.25) is 5.02 Å². The van der Waals surface area contributed by atoms with Gasteiger partial charge in [0.25, 0.3) is 10.0 Å². The molecule has 0 saturated heterocycles. The number of H-pyrrole nitrogens is 1. The Hall–Kier alpha value is -1.45. The molecule has 8 nitrogen and oxygen atoms in total. The van der Waals surface area contributed by atoms with Gasteiger partial charge in [0.05, 0.1) is 17.3 Å². The monoisotopic (exact) mass is 290 g/mol. The Labute approximate surface area is 108 Å². The van der Waals surface area contributed by atoms with Crippen LogP contribution in [0.5, 0.6) is 0 Å². The summed E-state index contributed by atoms with van der Waals surface area (Å²) in [6.07, 6.45) is 2.58. The molecule has 0 aliphatic carbocycles. The van der Waals surface area contributed by atoms with Crippen LogP contribution in [0, 0.1) is 0 Å². The van der Waals surface area contributed by atoms with E-state index < -0.39 is 16.1 Å². The predicted octanol–water partition coefficient (Wildman–Crippen LogP) is 0.231. The second-order valence-corrected chi connectivity index (χ2v) is 5.67. The fourth-order valence-electron chi connectivity index (χ4n) is 1.47. The standard InChI is InChI=1S/C8H11ClN6O2S/c1-5(7-10-4-11-13-7)14-18(16,17)8-6(9)3-12-15(8)2/h3-5,14H,1-2H3,(H,10,11,13). The van der Waals surface area contributed by atoms with E-state index in [0.29, 0.717) is 5.82 Å². The van der Waals surface area contributed by atoms with E-state index in [9.17, 15) is 8.42 Å². The predicted molar refractivity (Wildman–Crippen MR) is 63.3 cm³/mol. The molecule has 2 rings (SSSR count). The molecule has 10 heteroatoms. The largest absolute Gasteiger partial charge is 0.262 e. The summed E-state index contributed by atoms with van der Waals surface area (Å²) in [6, 6.07) is -0.552. The molecule has 98 valence electrons. The summed E-state index contributed by atoms with van der Waals surface area (Å²) < 4.78 is 27.9. The highest BCUT2D eigenvalue weighted by molar-refractivity contribution is 7.89. The van der Waals surface area contributed by atoms with E-state index in [0.717, 1.165) is 0 Å². The minimum atomic E-state index is -3.77. The summed E-state index contributed by atoms with van der Waals surface area (Å²) in [5, 5.41) is 10.0. The maximum absolute atomic E-state index is 12.1. The minimum Gasteiger partial charge on any atom is -0.262 e. The van der Waals surface area contributed by atoms with Crippen molar-refractivity contribution >= 4 is 21.6 Å². The molecule has 0 spiro atoms. The molecule has 1 atom stereocenters. The third-order valence-corrected chi connectivity index (χ3v) is 4.32. The van der Waals surface area contributed by atoms with E-state index in [1.165, 1.54) is 24.3 Å². The molecular formula is C8H11ClN6O2S. The number of aromatic nitrogens is 5. The van der Waals surface area contributed by atoms with Crippen LogP contribution in [-0.4, -0.2) is 33.4 Å². The quantitative estimate of drug-likeness (QED) is 0.838. The van der Waals surface area contributed by atoms with Crippen LogP contribution >= 0.6 is 11.6 Å². The molecule has 18 heavy (non-hydrogen) atoms. The zero-order chi connectivity index (χ0) is 13.3. The van der Waals surface area contributed by atoms with Crippen molar-refractivity contribution in [1.29, 1.82) is 0 Å². The molecule has 0 bridgehead atoms. The number of sulfonamides is 1. The number of nitrogens with one attached hydrogen (secondary N) is 2. The zero-order valence-electron chi connectivity index (χ0n) is 9.62. The molecule has 2 N–H and O–H groups in total. The van der Waals surface area contributed by atoms with Crippen LogP contribution in [0.25, 0.3) is 0 Å². The maximum Gasteiger partial charge on any atom is 0.259 e. The minimum absolute atomic E-state index is 0.0646. The molecule has 0 radical (unpaired) electrons. The Kier molecular flexibility index (Phi) is 3.37. The first-order valence-electron chi connectivity index (χ1n) is 4.97. The average Bonchev–Trinajstić information content (AvgIpc) is 2.87. The molecule has 1 unspecified atom stereocenters. The summed E-state index contributed by atoms with van der Waals surface area (Å²) >= 11 is 5.80. The van der Waals surface area contributed by atoms with Crippen molar-refractivity contribution in [2.24, 2.45) is 7.05 Å². The van der Waals surface area contributed by atoms with Crippen LogP contribution in [0.3, 0.4) is 0 Å². The Bertz CT molecular complexity index is 615. The molecule has 0 aliphatic rings. The Morgan fingerprint density at radius 2 is 2.28 bits per heavy atom. The number of hydrogen-bond acceptors (Lipinski definition) is 5. The molecule has 0 amide bonds. The Balaban J connectivity index is 2.28. The molecule has 2 heterocycles. The van der Waals surface area contributed by atoms with Crippen molar-refractivity contribution < 1.29 is 8.42 Å². The zero-order valence-corrected chi connectivity index (χ0v) is 11.2. The smallest absolute Gasteiger partial charge is 0.259 e. The Morgan fingerprint density at radius 1 is 1.56 bits per heavy atom. The van der Waals surface area contributed by atoms with Gasteiger partial charge in [-0.2, -0.15) is 14.9 Å². The van der Waals surface area contributed by atoms with Crippen molar-refractivity contribution in [3.8, 4) is 0 Å². The molecule has 0 aliphatic heterocycles. The summed E-state index contributed by atoms with van der Waals surface area (Å²) in [4.78, 5) is 3.88. The first kappa shape index (κ1) is 13.0. The van der Waals surface area contributed by atoms with Gasteiger partial charge in [-0.1, -0.05) is 11.6 Å². The van der Waals surface area contributed by atoms with Gasteiger partial charge in [-0.15, -0.1) is 0 Å². The van der Waals surface area contributed by atoms with Crippen LogP contribution in [-0.2, 0) is 17.1 Å². The lowest BCUT2D eigenvalue weighted by Crippen LogP contribution is -2.29. The van der Waals surface area contributed by atoms with E-state index in [1.807, 2.05) is 0 Å². The number of aryl methyl sites for hydroxylation is 1. The van der Waals surface area contributed by atoms with Crippen LogP contribution in [0.4, 0.5) is 0 Å². The van der Waals surface area contributed by atoms with Gasteiger partial charge in [0.1, 0.15) is 12.2 Å². The van der Waals surface area contributed by atoms with Gasteiger partial charge in [0, 0.05) is 7.05 Å². The van der Waals surface area contributed by atoms with Crippen molar-refractivity contribution in [3.05, 3.63) is 23.4 Å². The molecule has 0 fully saturated rings. The number of nitrogens with zero attached hydrogens (tertiary/aromatic N) is 4. The van der Waals surface area contributed by atoms with Crippen LogP contribution in [0.15, 0.2) is 17.6 Å². The highest BCUT2D eigenvalue weighted by Crippen LogP contribution is 2.21. The third kappa shape index (κ3) is 2.37. The lowest BCUT2D eigenvalue weighted by atomic mass is 10.3. The second-order valence-electron chi connectivity index (χ2n) is 3.63. The molecule has 2 aromatic heterocycles. The van der Waals surface area contributed by atoms with E-state index in [4.69, 9.17) is 11.6 Å². The van der Waals surface area contributed by atoms with E-state index >= 15 is 0 Å². The van der Waals surface area contributed by atoms with Gasteiger partial charge in [-0.05, 0) is 6.92 Å². The lowest BCUT2D eigenvalue weighted by molar-refractivity contribution is 0.544.